The first-order valence-corrected chi connectivity index (χ1v) is 6.86. The second-order valence-electron chi connectivity index (χ2n) is 3.88. The number of rotatable bonds is 0. The Balaban J connectivity index is 2.51. The molecule has 0 fully saturated rings. The van der Waals surface area contributed by atoms with Crippen LogP contribution in [0.2, 0.25) is 0 Å². The van der Waals surface area contributed by atoms with E-state index in [1.807, 2.05) is 12.1 Å². The van der Waals surface area contributed by atoms with Crippen molar-refractivity contribution in [2.75, 3.05) is 0 Å². The molecule has 0 bridgehead atoms. The van der Waals surface area contributed by atoms with E-state index in [-0.39, 0.29) is 0 Å². The van der Waals surface area contributed by atoms with Crippen LogP contribution in [0.15, 0.2) is 30.3 Å². The molecule has 1 heterocycles. The molecule has 3 aromatic rings. The van der Waals surface area contributed by atoms with Crippen LogP contribution in [-0.2, 0) is 0 Å². The van der Waals surface area contributed by atoms with Crippen LogP contribution in [-0.4, -0.2) is 5.11 Å². The molecule has 0 spiro atoms. The average molecular weight is 340 g/mol. The van der Waals surface area contributed by atoms with Crippen molar-refractivity contribution in [2.45, 2.75) is 6.92 Å². The summed E-state index contributed by atoms with van der Waals surface area (Å²) in [7, 11) is 0. The van der Waals surface area contributed by atoms with E-state index in [2.05, 4.69) is 41.6 Å². The predicted octanol–water partition coefficient (Wildman–Crippen LogP) is 4.67. The van der Waals surface area contributed by atoms with Crippen LogP contribution in [0.5, 0.6) is 5.75 Å². The smallest absolute Gasteiger partial charge is 0.117 e. The third-order valence-corrected chi connectivity index (χ3v) is 5.01. The van der Waals surface area contributed by atoms with Crippen molar-refractivity contribution in [1.82, 2.24) is 0 Å². The summed E-state index contributed by atoms with van der Waals surface area (Å²) in [6.45, 7) is 2.13. The Morgan fingerprint density at radius 1 is 1.06 bits per heavy atom. The van der Waals surface area contributed by atoms with E-state index in [1.54, 1.807) is 17.4 Å². The number of aromatic hydroxyl groups is 1. The Kier molecular flexibility index (Phi) is 2.33. The lowest BCUT2D eigenvalue weighted by molar-refractivity contribution is 0.476. The summed E-state index contributed by atoms with van der Waals surface area (Å²) in [6, 6.07) is 10.0. The van der Waals surface area contributed by atoms with Gasteiger partial charge < -0.3 is 5.11 Å². The Hall–Kier alpha value is -0.810. The number of thiophene rings is 1. The highest BCUT2D eigenvalue weighted by Gasteiger charge is 2.07. The maximum atomic E-state index is 9.47. The van der Waals surface area contributed by atoms with Crippen molar-refractivity contribution < 1.29 is 5.11 Å². The number of benzene rings is 2. The first kappa shape index (κ1) is 10.4. The van der Waals surface area contributed by atoms with Crippen molar-refractivity contribution in [1.29, 1.82) is 0 Å². The largest absolute Gasteiger partial charge is 0.508 e. The molecule has 0 saturated heterocycles. The molecule has 0 amide bonds. The molecular weight excluding hydrogens is 331 g/mol. The van der Waals surface area contributed by atoms with E-state index < -0.39 is 0 Å². The standard InChI is InChI=1S/C13H9IOS/c1-7-4-10-9-3-2-8(15)5-12(9)16-13(10)6-11(7)14/h2-6,15H,1H3. The van der Waals surface area contributed by atoms with Crippen LogP contribution in [0.25, 0.3) is 20.2 Å². The summed E-state index contributed by atoms with van der Waals surface area (Å²) < 4.78 is 3.73. The van der Waals surface area contributed by atoms with E-state index in [0.717, 1.165) is 4.70 Å². The lowest BCUT2D eigenvalue weighted by atomic mass is 10.1. The molecule has 1 N–H and O–H groups in total. The minimum Gasteiger partial charge on any atom is -0.508 e. The van der Waals surface area contributed by atoms with Crippen molar-refractivity contribution >= 4 is 54.1 Å². The fourth-order valence-corrected chi connectivity index (χ4v) is 3.73. The molecule has 0 saturated carbocycles. The van der Waals surface area contributed by atoms with Gasteiger partial charge in [0.05, 0.1) is 0 Å². The van der Waals surface area contributed by atoms with E-state index in [0.29, 0.717) is 5.75 Å². The molecule has 0 aliphatic heterocycles. The van der Waals surface area contributed by atoms with E-state index in [9.17, 15) is 5.11 Å². The van der Waals surface area contributed by atoms with Gasteiger partial charge in [0.1, 0.15) is 5.75 Å². The quantitative estimate of drug-likeness (QED) is 0.590. The van der Waals surface area contributed by atoms with Gasteiger partial charge >= 0.3 is 0 Å². The van der Waals surface area contributed by atoms with E-state index in [1.165, 1.54) is 24.6 Å². The molecular formula is C13H9IOS. The van der Waals surface area contributed by atoms with Crippen molar-refractivity contribution in [3.05, 3.63) is 39.5 Å². The van der Waals surface area contributed by atoms with Gasteiger partial charge in [-0.1, -0.05) is 0 Å². The molecule has 3 heteroatoms. The topological polar surface area (TPSA) is 20.2 Å². The number of aryl methyl sites for hydroxylation is 1. The van der Waals surface area contributed by atoms with Crippen LogP contribution < -0.4 is 0 Å². The summed E-state index contributed by atoms with van der Waals surface area (Å²) in [4.78, 5) is 0. The summed E-state index contributed by atoms with van der Waals surface area (Å²) in [5.74, 6) is 0.338. The number of hydrogen-bond acceptors (Lipinski definition) is 2. The molecule has 0 radical (unpaired) electrons. The van der Waals surface area contributed by atoms with Crippen LogP contribution >= 0.6 is 33.9 Å². The van der Waals surface area contributed by atoms with Gasteiger partial charge in [-0.3, -0.25) is 0 Å². The summed E-state index contributed by atoms with van der Waals surface area (Å²) in [6.07, 6.45) is 0. The lowest BCUT2D eigenvalue weighted by Crippen LogP contribution is -1.77. The first-order chi connectivity index (χ1) is 7.65. The van der Waals surface area contributed by atoms with Crippen molar-refractivity contribution in [3.8, 4) is 5.75 Å². The van der Waals surface area contributed by atoms with Crippen molar-refractivity contribution in [3.63, 3.8) is 0 Å². The summed E-state index contributed by atoms with van der Waals surface area (Å²) in [5.41, 5.74) is 1.31. The molecule has 16 heavy (non-hydrogen) atoms. The summed E-state index contributed by atoms with van der Waals surface area (Å²) in [5, 5.41) is 12.0. The molecule has 2 aromatic carbocycles. The Bertz CT molecular complexity index is 700. The molecule has 0 unspecified atom stereocenters. The SMILES string of the molecule is Cc1cc2c(cc1I)sc1cc(O)ccc12. The third kappa shape index (κ3) is 1.50. The Morgan fingerprint density at radius 3 is 2.62 bits per heavy atom. The second kappa shape index (κ2) is 3.60. The number of phenols is 1. The van der Waals surface area contributed by atoms with E-state index in [4.69, 9.17) is 0 Å². The van der Waals surface area contributed by atoms with Crippen LogP contribution in [0.3, 0.4) is 0 Å². The predicted molar refractivity (Wildman–Crippen MR) is 78.4 cm³/mol. The van der Waals surface area contributed by atoms with Gasteiger partial charge in [-0.25, -0.2) is 0 Å². The fraction of sp³-hybridized carbons (Fsp3) is 0.0769. The number of halogens is 1. The van der Waals surface area contributed by atoms with Gasteiger partial charge in [0.15, 0.2) is 0 Å². The molecule has 80 valence electrons. The molecule has 3 rings (SSSR count). The zero-order valence-electron chi connectivity index (χ0n) is 8.62. The number of hydrogen-bond donors (Lipinski definition) is 1. The van der Waals surface area contributed by atoms with Crippen LogP contribution in [0, 0.1) is 10.5 Å². The van der Waals surface area contributed by atoms with E-state index >= 15 is 0 Å². The monoisotopic (exact) mass is 340 g/mol. The zero-order valence-corrected chi connectivity index (χ0v) is 11.6. The maximum absolute atomic E-state index is 9.47. The summed E-state index contributed by atoms with van der Waals surface area (Å²) >= 11 is 4.10. The van der Waals surface area contributed by atoms with Gasteiger partial charge in [0.2, 0.25) is 0 Å². The highest BCUT2D eigenvalue weighted by Crippen LogP contribution is 2.37. The van der Waals surface area contributed by atoms with Gasteiger partial charge in [0.25, 0.3) is 0 Å². The molecule has 0 atom stereocenters. The highest BCUT2D eigenvalue weighted by molar-refractivity contribution is 14.1. The molecule has 0 aliphatic rings. The zero-order chi connectivity index (χ0) is 11.3. The number of fused-ring (bicyclic) bond motifs is 3. The first-order valence-electron chi connectivity index (χ1n) is 4.96. The Labute approximate surface area is 111 Å². The van der Waals surface area contributed by atoms with Gasteiger partial charge in [-0.2, -0.15) is 0 Å². The highest BCUT2D eigenvalue weighted by atomic mass is 127. The normalized spacial score (nSPS) is 11.4. The number of phenolic OH excluding ortho intramolecular Hbond substituents is 1. The maximum Gasteiger partial charge on any atom is 0.117 e. The van der Waals surface area contributed by atoms with Crippen LogP contribution in [0.1, 0.15) is 5.56 Å². The van der Waals surface area contributed by atoms with Crippen molar-refractivity contribution in [2.24, 2.45) is 0 Å². The van der Waals surface area contributed by atoms with Gasteiger partial charge in [0, 0.05) is 23.7 Å². The minimum atomic E-state index is 0.338. The molecule has 0 aliphatic carbocycles. The minimum absolute atomic E-state index is 0.338. The Morgan fingerprint density at radius 2 is 1.81 bits per heavy atom. The van der Waals surface area contributed by atoms with Crippen LogP contribution in [0.4, 0.5) is 0 Å². The second-order valence-corrected chi connectivity index (χ2v) is 6.13. The average Bonchev–Trinajstić information content (AvgIpc) is 2.55. The lowest BCUT2D eigenvalue weighted by Gasteiger charge is -1.98. The molecule has 1 aromatic heterocycles. The third-order valence-electron chi connectivity index (χ3n) is 2.74. The fourth-order valence-electron chi connectivity index (χ4n) is 1.89. The van der Waals surface area contributed by atoms with Gasteiger partial charge in [-0.15, -0.1) is 11.3 Å². The van der Waals surface area contributed by atoms with Gasteiger partial charge in [-0.05, 0) is 65.4 Å². The molecule has 1 nitrogen and oxygen atoms in total.